The molecular weight excluding hydrogens is 302 g/mol. The summed E-state index contributed by atoms with van der Waals surface area (Å²) in [7, 11) is 0. The highest BCUT2D eigenvalue weighted by Gasteiger charge is 2.24. The molecule has 114 valence electrons. The van der Waals surface area contributed by atoms with Crippen molar-refractivity contribution in [1.82, 2.24) is 0 Å². The zero-order chi connectivity index (χ0) is 15.5. The Morgan fingerprint density at radius 3 is 2.45 bits per heavy atom. The van der Waals surface area contributed by atoms with Gasteiger partial charge >= 0.3 is 0 Å². The van der Waals surface area contributed by atoms with Gasteiger partial charge in [0.1, 0.15) is 0 Å². The molecule has 22 heavy (non-hydrogen) atoms. The number of non-ortho nitro benzene ring substituents is 1. The van der Waals surface area contributed by atoms with Crippen molar-refractivity contribution in [3.63, 3.8) is 0 Å². The summed E-state index contributed by atoms with van der Waals surface area (Å²) in [6.45, 7) is 3.04. The fraction of sp³-hybridized carbons (Fsp3) is 0.250. The number of rotatable bonds is 4. The van der Waals surface area contributed by atoms with Crippen LogP contribution < -0.4 is 0 Å². The Balaban J connectivity index is 1.94. The predicted molar refractivity (Wildman–Crippen MR) is 83.0 cm³/mol. The second kappa shape index (κ2) is 6.48. The van der Waals surface area contributed by atoms with Crippen molar-refractivity contribution in [2.24, 2.45) is 0 Å². The maximum Gasteiger partial charge on any atom is 0.269 e. The maximum atomic E-state index is 11.0. The predicted octanol–water partition coefficient (Wildman–Crippen LogP) is 4.10. The van der Waals surface area contributed by atoms with E-state index in [9.17, 15) is 10.1 Å². The molecule has 6 heteroatoms. The van der Waals surface area contributed by atoms with E-state index in [0.29, 0.717) is 18.8 Å². The number of aryl methyl sites for hydroxylation is 1. The van der Waals surface area contributed by atoms with Crippen LogP contribution in [0.2, 0.25) is 0 Å². The third-order valence-corrected chi connectivity index (χ3v) is 4.43. The van der Waals surface area contributed by atoms with Gasteiger partial charge in [-0.25, -0.2) is 0 Å². The minimum absolute atomic E-state index is 0.0438. The third kappa shape index (κ3) is 3.30. The zero-order valence-electron chi connectivity index (χ0n) is 12.0. The Morgan fingerprint density at radius 1 is 1.14 bits per heavy atom. The van der Waals surface area contributed by atoms with Crippen LogP contribution in [0.4, 0.5) is 5.69 Å². The number of nitrogens with zero attached hydrogens (tertiary/aromatic N) is 1. The normalized spacial score (nSPS) is 15.1. The molecule has 1 saturated heterocycles. The van der Waals surface area contributed by atoms with Gasteiger partial charge in [-0.1, -0.05) is 29.5 Å². The molecule has 1 aliphatic heterocycles. The number of ether oxygens (including phenoxy) is 2. The molecule has 0 unspecified atom stereocenters. The highest BCUT2D eigenvalue weighted by atomic mass is 32.2. The molecular formula is C16H15NO4S. The molecule has 2 aromatic rings. The minimum Gasteiger partial charge on any atom is -0.346 e. The summed E-state index contributed by atoms with van der Waals surface area (Å²) in [5, 5.41) is 11.0. The minimum atomic E-state index is -0.534. The Hall–Kier alpha value is -1.89. The molecule has 2 aromatic carbocycles. The van der Waals surface area contributed by atoms with Crippen molar-refractivity contribution in [1.29, 1.82) is 0 Å². The summed E-state index contributed by atoms with van der Waals surface area (Å²) in [5.41, 5.74) is 1.94. The van der Waals surface area contributed by atoms with E-state index < -0.39 is 11.2 Å². The molecule has 1 aliphatic rings. The molecule has 0 amide bonds. The number of nitro benzene ring substituents is 1. The fourth-order valence-electron chi connectivity index (χ4n) is 2.20. The number of hydrogen-bond acceptors (Lipinski definition) is 5. The average Bonchev–Trinajstić information content (AvgIpc) is 3.04. The lowest BCUT2D eigenvalue weighted by Gasteiger charge is -2.14. The van der Waals surface area contributed by atoms with Crippen molar-refractivity contribution < 1.29 is 14.4 Å². The van der Waals surface area contributed by atoms with Gasteiger partial charge in [0.15, 0.2) is 6.29 Å². The second-order valence-corrected chi connectivity index (χ2v) is 6.08. The van der Waals surface area contributed by atoms with Crippen molar-refractivity contribution in [2.45, 2.75) is 23.0 Å². The molecule has 0 radical (unpaired) electrons. The topological polar surface area (TPSA) is 61.6 Å². The summed E-state index contributed by atoms with van der Waals surface area (Å²) in [4.78, 5) is 12.6. The monoisotopic (exact) mass is 317 g/mol. The SMILES string of the molecule is Cc1ccc(Sc2ccc([N+](=O)[O-])cc2C2OCCO2)cc1. The highest BCUT2D eigenvalue weighted by Crippen LogP contribution is 2.38. The Morgan fingerprint density at radius 2 is 1.82 bits per heavy atom. The zero-order valence-corrected chi connectivity index (χ0v) is 12.8. The molecule has 1 fully saturated rings. The largest absolute Gasteiger partial charge is 0.346 e. The quantitative estimate of drug-likeness (QED) is 0.627. The summed E-state index contributed by atoms with van der Waals surface area (Å²) in [6.07, 6.45) is -0.534. The van der Waals surface area contributed by atoms with Gasteiger partial charge < -0.3 is 9.47 Å². The van der Waals surface area contributed by atoms with Crippen LogP contribution in [-0.2, 0) is 9.47 Å². The van der Waals surface area contributed by atoms with Crippen LogP contribution in [0.25, 0.3) is 0 Å². The van der Waals surface area contributed by atoms with Gasteiger partial charge in [0.2, 0.25) is 0 Å². The standard InChI is InChI=1S/C16H15NO4S/c1-11-2-5-13(6-3-11)22-15-7-4-12(17(18)19)10-14(15)16-20-8-9-21-16/h2-7,10,16H,8-9H2,1H3. The van der Waals surface area contributed by atoms with Crippen LogP contribution in [0.3, 0.4) is 0 Å². The van der Waals surface area contributed by atoms with E-state index in [4.69, 9.17) is 9.47 Å². The maximum absolute atomic E-state index is 11.0. The fourth-order valence-corrected chi connectivity index (χ4v) is 3.13. The van der Waals surface area contributed by atoms with E-state index in [0.717, 1.165) is 9.79 Å². The first-order chi connectivity index (χ1) is 10.6. The first-order valence-corrected chi connectivity index (χ1v) is 7.71. The summed E-state index contributed by atoms with van der Waals surface area (Å²) in [5.74, 6) is 0. The molecule has 5 nitrogen and oxygen atoms in total. The highest BCUT2D eigenvalue weighted by molar-refractivity contribution is 7.99. The van der Waals surface area contributed by atoms with Crippen LogP contribution in [-0.4, -0.2) is 18.1 Å². The average molecular weight is 317 g/mol. The van der Waals surface area contributed by atoms with Crippen LogP contribution in [0.15, 0.2) is 52.3 Å². The van der Waals surface area contributed by atoms with E-state index in [-0.39, 0.29) is 5.69 Å². The molecule has 0 aliphatic carbocycles. The van der Waals surface area contributed by atoms with Crippen molar-refractivity contribution in [3.8, 4) is 0 Å². The summed E-state index contributed by atoms with van der Waals surface area (Å²) in [6, 6.07) is 12.9. The van der Waals surface area contributed by atoms with Gasteiger partial charge in [0.05, 0.1) is 18.1 Å². The van der Waals surface area contributed by atoms with E-state index in [2.05, 4.69) is 0 Å². The lowest BCUT2D eigenvalue weighted by atomic mass is 10.2. The number of nitro groups is 1. The lowest BCUT2D eigenvalue weighted by molar-refractivity contribution is -0.385. The lowest BCUT2D eigenvalue weighted by Crippen LogP contribution is -2.01. The molecule has 0 N–H and O–H groups in total. The van der Waals surface area contributed by atoms with Gasteiger partial charge in [-0.05, 0) is 25.1 Å². The van der Waals surface area contributed by atoms with Gasteiger partial charge in [-0.15, -0.1) is 0 Å². The van der Waals surface area contributed by atoms with E-state index in [1.165, 1.54) is 17.7 Å². The molecule has 0 aromatic heterocycles. The van der Waals surface area contributed by atoms with Crippen LogP contribution in [0, 0.1) is 17.0 Å². The molecule has 0 bridgehead atoms. The first-order valence-electron chi connectivity index (χ1n) is 6.89. The van der Waals surface area contributed by atoms with E-state index in [1.54, 1.807) is 17.8 Å². The molecule has 0 atom stereocenters. The van der Waals surface area contributed by atoms with Crippen LogP contribution in [0.1, 0.15) is 17.4 Å². The van der Waals surface area contributed by atoms with Gasteiger partial charge in [-0.3, -0.25) is 10.1 Å². The van der Waals surface area contributed by atoms with E-state index in [1.807, 2.05) is 31.2 Å². The second-order valence-electron chi connectivity index (χ2n) is 4.97. The van der Waals surface area contributed by atoms with Crippen molar-refractivity contribution in [3.05, 3.63) is 63.7 Å². The number of hydrogen-bond donors (Lipinski definition) is 0. The van der Waals surface area contributed by atoms with Crippen LogP contribution in [0.5, 0.6) is 0 Å². The van der Waals surface area contributed by atoms with Crippen molar-refractivity contribution >= 4 is 17.4 Å². The molecule has 3 rings (SSSR count). The third-order valence-electron chi connectivity index (χ3n) is 3.33. The number of benzene rings is 2. The van der Waals surface area contributed by atoms with Gasteiger partial charge in [-0.2, -0.15) is 0 Å². The van der Waals surface area contributed by atoms with Gasteiger partial charge in [0, 0.05) is 27.5 Å². The smallest absolute Gasteiger partial charge is 0.269 e. The Bertz CT molecular complexity index is 681. The van der Waals surface area contributed by atoms with Crippen LogP contribution >= 0.6 is 11.8 Å². The Kier molecular flexibility index (Phi) is 4.42. The van der Waals surface area contributed by atoms with E-state index >= 15 is 0 Å². The van der Waals surface area contributed by atoms with Gasteiger partial charge in [0.25, 0.3) is 5.69 Å². The molecule has 1 heterocycles. The Labute approximate surface area is 132 Å². The summed E-state index contributed by atoms with van der Waals surface area (Å²) >= 11 is 1.55. The molecule has 0 saturated carbocycles. The summed E-state index contributed by atoms with van der Waals surface area (Å²) < 4.78 is 11.0. The first kappa shape index (κ1) is 15.0. The van der Waals surface area contributed by atoms with Crippen molar-refractivity contribution in [2.75, 3.05) is 13.2 Å². The molecule has 0 spiro atoms.